The summed E-state index contributed by atoms with van der Waals surface area (Å²) in [6, 6.07) is 0. The summed E-state index contributed by atoms with van der Waals surface area (Å²) in [4.78, 5) is 11.2. The summed E-state index contributed by atoms with van der Waals surface area (Å²) < 4.78 is 5.05. The molecule has 1 aliphatic carbocycles. The van der Waals surface area contributed by atoms with Crippen LogP contribution in [0.1, 0.15) is 40.5 Å². The van der Waals surface area contributed by atoms with Crippen LogP contribution >= 0.6 is 0 Å². The van der Waals surface area contributed by atoms with E-state index >= 15 is 0 Å². The summed E-state index contributed by atoms with van der Waals surface area (Å²) in [5.74, 6) is 0. The molecule has 4 nitrogen and oxygen atoms in total. The fraction of sp³-hybridized carbons (Fsp3) is 0.700. The smallest absolute Gasteiger partial charge is 0.426 e. The molecule has 1 amide bonds. The van der Waals surface area contributed by atoms with E-state index in [9.17, 15) is 4.79 Å². The van der Waals surface area contributed by atoms with Gasteiger partial charge in [-0.3, -0.25) is 0 Å². The number of allylic oxidation sites excluding steroid dienone is 2. The lowest BCUT2D eigenvalue weighted by Crippen LogP contribution is -2.40. The van der Waals surface area contributed by atoms with E-state index in [1.165, 1.54) is 5.57 Å². The lowest BCUT2D eigenvalue weighted by atomic mass is 10.2. The van der Waals surface area contributed by atoms with Gasteiger partial charge < -0.3 is 10.2 Å². The van der Waals surface area contributed by atoms with Crippen LogP contribution in [0.4, 0.5) is 4.79 Å². The first kappa shape index (κ1) is 10.9. The van der Waals surface area contributed by atoms with Crippen LogP contribution in [0.15, 0.2) is 11.3 Å². The van der Waals surface area contributed by atoms with Crippen molar-refractivity contribution in [3.63, 3.8) is 0 Å². The fourth-order valence-corrected chi connectivity index (χ4v) is 0.974. The number of ether oxygens (including phenoxy) is 1. The first-order valence-electron chi connectivity index (χ1n) is 4.82. The monoisotopic (exact) mass is 198 g/mol. The molecule has 1 aliphatic rings. The van der Waals surface area contributed by atoms with Crippen LogP contribution in [-0.4, -0.2) is 11.7 Å². The Morgan fingerprint density at radius 1 is 1.29 bits per heavy atom. The average molecular weight is 198 g/mol. The number of nitrogens with one attached hydrogen (secondary N) is 2. The van der Waals surface area contributed by atoms with E-state index in [1.807, 2.05) is 27.7 Å². The predicted octanol–water partition coefficient (Wildman–Crippen LogP) is 2.08. The highest BCUT2D eigenvalue weighted by Gasteiger charge is 2.17. The van der Waals surface area contributed by atoms with Crippen molar-refractivity contribution in [2.75, 3.05) is 0 Å². The van der Waals surface area contributed by atoms with E-state index in [1.54, 1.807) is 0 Å². The molecule has 0 unspecified atom stereocenters. The third kappa shape index (κ3) is 4.16. The molecular formula is C10H18N2O2. The molecule has 0 bridgehead atoms. The maximum atomic E-state index is 11.2. The Hall–Kier alpha value is -1.19. The summed E-state index contributed by atoms with van der Waals surface area (Å²) in [7, 11) is 0. The minimum absolute atomic E-state index is 0.446. The van der Waals surface area contributed by atoms with E-state index in [0.717, 1.165) is 18.5 Å². The highest BCUT2D eigenvalue weighted by atomic mass is 16.6. The van der Waals surface area contributed by atoms with E-state index in [4.69, 9.17) is 4.74 Å². The third-order valence-electron chi connectivity index (χ3n) is 1.78. The van der Waals surface area contributed by atoms with Gasteiger partial charge in [-0.05, 0) is 46.1 Å². The fourth-order valence-electron chi connectivity index (χ4n) is 0.974. The second-order valence-electron chi connectivity index (χ2n) is 4.48. The highest BCUT2D eigenvalue weighted by Crippen LogP contribution is 2.29. The number of carbonyl (C=O) groups excluding carboxylic acids is 1. The van der Waals surface area contributed by atoms with E-state index in [-0.39, 0.29) is 0 Å². The van der Waals surface area contributed by atoms with Crippen LogP contribution in [0.25, 0.3) is 0 Å². The van der Waals surface area contributed by atoms with Crippen LogP contribution in [-0.2, 0) is 4.74 Å². The molecule has 0 aliphatic heterocycles. The maximum absolute atomic E-state index is 11.2. The van der Waals surface area contributed by atoms with Gasteiger partial charge in [-0.25, -0.2) is 10.2 Å². The van der Waals surface area contributed by atoms with Crippen molar-refractivity contribution >= 4 is 6.09 Å². The minimum atomic E-state index is -0.452. The lowest BCUT2D eigenvalue weighted by molar-refractivity contribution is 0.0506. The van der Waals surface area contributed by atoms with Crippen molar-refractivity contribution in [3.8, 4) is 0 Å². The zero-order valence-corrected chi connectivity index (χ0v) is 9.23. The summed E-state index contributed by atoms with van der Waals surface area (Å²) in [5.41, 5.74) is 7.25. The zero-order valence-electron chi connectivity index (χ0n) is 9.23. The lowest BCUT2D eigenvalue weighted by Gasteiger charge is -2.20. The van der Waals surface area contributed by atoms with Crippen molar-refractivity contribution < 1.29 is 9.53 Å². The quantitative estimate of drug-likeness (QED) is 0.668. The van der Waals surface area contributed by atoms with Gasteiger partial charge in [0.1, 0.15) is 5.60 Å². The van der Waals surface area contributed by atoms with Crippen LogP contribution in [0, 0.1) is 0 Å². The molecule has 1 fully saturated rings. The van der Waals surface area contributed by atoms with Crippen molar-refractivity contribution in [1.29, 1.82) is 0 Å². The van der Waals surface area contributed by atoms with Gasteiger partial charge in [-0.15, -0.1) is 0 Å². The van der Waals surface area contributed by atoms with Gasteiger partial charge in [-0.2, -0.15) is 0 Å². The molecule has 0 spiro atoms. The highest BCUT2D eigenvalue weighted by molar-refractivity contribution is 5.67. The van der Waals surface area contributed by atoms with E-state index in [2.05, 4.69) is 10.9 Å². The molecule has 80 valence electrons. The van der Waals surface area contributed by atoms with Gasteiger partial charge in [0, 0.05) is 5.70 Å². The van der Waals surface area contributed by atoms with Crippen LogP contribution in [0.3, 0.4) is 0 Å². The van der Waals surface area contributed by atoms with E-state index in [0.29, 0.717) is 0 Å². The molecular weight excluding hydrogens is 180 g/mol. The molecule has 0 aromatic heterocycles. The van der Waals surface area contributed by atoms with Crippen molar-refractivity contribution in [2.24, 2.45) is 0 Å². The molecule has 0 radical (unpaired) electrons. The number of rotatable bonds is 2. The molecule has 0 heterocycles. The van der Waals surface area contributed by atoms with Gasteiger partial charge in [-0.1, -0.05) is 0 Å². The molecule has 4 heteroatoms. The second-order valence-corrected chi connectivity index (χ2v) is 4.48. The zero-order chi connectivity index (χ0) is 10.8. The number of hydrogen-bond donors (Lipinski definition) is 2. The standard InChI is InChI=1S/C10H18N2O2/c1-7(8-5-6-8)11-12-9(13)14-10(2,3)4/h11H,5-6H2,1-4H3,(H,12,13). The van der Waals surface area contributed by atoms with Gasteiger partial charge >= 0.3 is 6.09 Å². The van der Waals surface area contributed by atoms with Crippen molar-refractivity contribution in [1.82, 2.24) is 10.9 Å². The van der Waals surface area contributed by atoms with Gasteiger partial charge in [0.05, 0.1) is 0 Å². The number of amides is 1. The van der Waals surface area contributed by atoms with Crippen LogP contribution in [0.2, 0.25) is 0 Å². The summed E-state index contributed by atoms with van der Waals surface area (Å²) in [6.45, 7) is 7.44. The largest absolute Gasteiger partial charge is 0.443 e. The predicted molar refractivity (Wildman–Crippen MR) is 54.4 cm³/mol. The Labute approximate surface area is 84.7 Å². The molecule has 0 atom stereocenters. The van der Waals surface area contributed by atoms with Gasteiger partial charge in [0.15, 0.2) is 0 Å². The van der Waals surface area contributed by atoms with Crippen molar-refractivity contribution in [3.05, 3.63) is 11.3 Å². The van der Waals surface area contributed by atoms with E-state index < -0.39 is 11.7 Å². The second kappa shape index (κ2) is 3.90. The Bertz CT molecular complexity index is 258. The molecule has 1 saturated carbocycles. The maximum Gasteiger partial charge on any atom is 0.426 e. The molecule has 14 heavy (non-hydrogen) atoms. The number of carbonyl (C=O) groups is 1. The normalized spacial score (nSPS) is 14.7. The van der Waals surface area contributed by atoms with Crippen LogP contribution in [0.5, 0.6) is 0 Å². The van der Waals surface area contributed by atoms with Gasteiger partial charge in [0.2, 0.25) is 0 Å². The topological polar surface area (TPSA) is 50.4 Å². The summed E-state index contributed by atoms with van der Waals surface area (Å²) >= 11 is 0. The first-order chi connectivity index (χ1) is 6.38. The van der Waals surface area contributed by atoms with Crippen molar-refractivity contribution in [2.45, 2.75) is 46.1 Å². The first-order valence-corrected chi connectivity index (χ1v) is 4.82. The Morgan fingerprint density at radius 3 is 2.29 bits per heavy atom. The van der Waals surface area contributed by atoms with Gasteiger partial charge in [0.25, 0.3) is 0 Å². The SMILES string of the molecule is CC(NNC(=O)OC(C)(C)C)=C1CC1. The Balaban J connectivity index is 2.25. The van der Waals surface area contributed by atoms with Crippen LogP contribution < -0.4 is 10.9 Å². The number of hydrazine groups is 1. The molecule has 1 rings (SSSR count). The Kier molecular flexibility index (Phi) is 3.03. The summed E-state index contributed by atoms with van der Waals surface area (Å²) in [5, 5.41) is 0. The minimum Gasteiger partial charge on any atom is -0.443 e. The number of hydrogen-bond acceptors (Lipinski definition) is 3. The summed E-state index contributed by atoms with van der Waals surface area (Å²) in [6.07, 6.45) is 1.82. The average Bonchev–Trinajstić information content (AvgIpc) is 2.78. The molecule has 0 saturated heterocycles. The third-order valence-corrected chi connectivity index (χ3v) is 1.78. The molecule has 0 aromatic carbocycles. The molecule has 0 aromatic rings. The Morgan fingerprint density at radius 2 is 1.86 bits per heavy atom. The molecule has 2 N–H and O–H groups in total.